The zero-order chi connectivity index (χ0) is 10.1. The molecule has 0 radical (unpaired) electrons. The summed E-state index contributed by atoms with van der Waals surface area (Å²) in [6.07, 6.45) is 1.93. The summed E-state index contributed by atoms with van der Waals surface area (Å²) in [5.41, 5.74) is -1.63. The van der Waals surface area contributed by atoms with Crippen molar-refractivity contribution in [1.82, 2.24) is 9.55 Å². The third-order valence-electron chi connectivity index (χ3n) is 2.14. The maximum absolute atomic E-state index is 12.9. The molecular weight excluding hydrogens is 342 g/mol. The normalized spacial score (nSPS) is 18.7. The van der Waals surface area contributed by atoms with Crippen molar-refractivity contribution < 1.29 is 40.1 Å². The maximum atomic E-state index is 12.9. The summed E-state index contributed by atoms with van der Waals surface area (Å²) in [4.78, 5) is 23.8. The predicted molar refractivity (Wildman–Crippen MR) is 55.2 cm³/mol. The van der Waals surface area contributed by atoms with Crippen LogP contribution < -0.4 is 40.8 Å². The molecule has 0 aromatic carbocycles. The molecule has 8 heteroatoms. The van der Waals surface area contributed by atoms with Gasteiger partial charge in [-0.2, -0.15) is 4.39 Å². The minimum atomic E-state index is -0.996. The number of hydrogen-bond donors (Lipinski definition) is 1. The average molecular weight is 354 g/mol. The zero-order valence-electron chi connectivity index (χ0n) is 9.83. The first-order valence-electron chi connectivity index (χ1n) is 4.31. The van der Waals surface area contributed by atoms with Crippen molar-refractivity contribution in [3.05, 3.63) is 32.9 Å². The number of nitrogens with zero attached hydrogens (tertiary/aromatic N) is 1. The Morgan fingerprint density at radius 1 is 1.56 bits per heavy atom. The van der Waals surface area contributed by atoms with Crippen molar-refractivity contribution in [2.45, 2.75) is 19.1 Å². The van der Waals surface area contributed by atoms with Gasteiger partial charge >= 0.3 is 58.9 Å². The van der Waals surface area contributed by atoms with E-state index in [1.54, 1.807) is 0 Å². The van der Waals surface area contributed by atoms with Crippen LogP contribution in [-0.2, 0) is 4.74 Å². The Morgan fingerprint density at radius 2 is 2.25 bits per heavy atom. The number of ether oxygens (including phenoxy) is 1. The van der Waals surface area contributed by atoms with E-state index in [2.05, 4.69) is 0 Å². The Kier molecular flexibility index (Phi) is 7.10. The van der Waals surface area contributed by atoms with Crippen molar-refractivity contribution >= 4 is 23.7 Å². The standard InChI is InChI=1S/C8H9FN2O3.Na.H2Te.H/c9-5-4-11(6-2-1-3-14-6)8(13)10-7(5)12;;;/h4,6H,1-3H2,(H,10,12,13);;1H2;/q;+1;;-1/t6-;;;/m1.../s1. The molecule has 1 N–H and O–H groups in total. The topological polar surface area (TPSA) is 64.1 Å². The minimum absolute atomic E-state index is 0. The molecule has 1 aliphatic heterocycles. The second-order valence-electron chi connectivity index (χ2n) is 3.11. The summed E-state index contributed by atoms with van der Waals surface area (Å²) < 4.78 is 19.1. The van der Waals surface area contributed by atoms with Crippen LogP contribution in [0, 0.1) is 5.82 Å². The molecule has 0 unspecified atom stereocenters. The molecule has 0 bridgehead atoms. The molecule has 2 rings (SSSR count). The van der Waals surface area contributed by atoms with Crippen LogP contribution in [0.1, 0.15) is 20.5 Å². The number of nitrogens with one attached hydrogen (secondary N) is 1. The van der Waals surface area contributed by atoms with E-state index in [-0.39, 0.29) is 54.7 Å². The van der Waals surface area contributed by atoms with Crippen LogP contribution in [0.3, 0.4) is 0 Å². The number of hydrogen-bond acceptors (Lipinski definition) is 3. The Hall–Kier alpha value is 0.360. The summed E-state index contributed by atoms with van der Waals surface area (Å²) in [6, 6.07) is 0. The van der Waals surface area contributed by atoms with Crippen LogP contribution >= 0.6 is 0 Å². The second-order valence-corrected chi connectivity index (χ2v) is 3.11. The van der Waals surface area contributed by atoms with Crippen LogP contribution in [0.15, 0.2) is 15.8 Å². The number of aromatic amines is 1. The molecule has 2 heterocycles. The first kappa shape index (κ1) is 16.4. The third-order valence-corrected chi connectivity index (χ3v) is 2.14. The van der Waals surface area contributed by atoms with Gasteiger partial charge in [-0.15, -0.1) is 0 Å². The van der Waals surface area contributed by atoms with Crippen molar-refractivity contribution in [3.63, 3.8) is 0 Å². The van der Waals surface area contributed by atoms with E-state index in [1.807, 2.05) is 4.98 Å². The second kappa shape index (κ2) is 6.94. The number of rotatable bonds is 1. The molecule has 1 saturated heterocycles. The van der Waals surface area contributed by atoms with Gasteiger partial charge in [-0.3, -0.25) is 14.3 Å². The van der Waals surface area contributed by atoms with E-state index < -0.39 is 23.3 Å². The van der Waals surface area contributed by atoms with Gasteiger partial charge in [-0.05, 0) is 12.8 Å². The molecule has 1 fully saturated rings. The molecule has 0 saturated carbocycles. The van der Waals surface area contributed by atoms with Gasteiger partial charge in [0.05, 0.1) is 6.20 Å². The quantitative estimate of drug-likeness (QED) is 0.527. The SMILES string of the molecule is O=c1[nH]c(=O)n([C@H]2CCCO2)cc1F.[H-].[Na+].[TeH2]. The molecule has 86 valence electrons. The average Bonchev–Trinajstić information content (AvgIpc) is 2.64. The molecule has 1 atom stereocenters. The summed E-state index contributed by atoms with van der Waals surface area (Å²) >= 11 is 0. The Morgan fingerprint density at radius 3 is 2.81 bits per heavy atom. The molecule has 16 heavy (non-hydrogen) atoms. The molecular formula is C8H12FN2NaO3Te. The van der Waals surface area contributed by atoms with Crippen molar-refractivity contribution in [3.8, 4) is 0 Å². The van der Waals surface area contributed by atoms with Gasteiger partial charge in [0.1, 0.15) is 6.23 Å². The van der Waals surface area contributed by atoms with E-state index >= 15 is 0 Å². The molecule has 0 amide bonds. The fourth-order valence-electron chi connectivity index (χ4n) is 1.45. The van der Waals surface area contributed by atoms with Crippen LogP contribution in [0.5, 0.6) is 0 Å². The van der Waals surface area contributed by atoms with Crippen LogP contribution in [0.25, 0.3) is 0 Å². The van der Waals surface area contributed by atoms with Gasteiger partial charge in [0.25, 0.3) is 5.56 Å². The Labute approximate surface area is 131 Å². The monoisotopic (exact) mass is 356 g/mol. The van der Waals surface area contributed by atoms with Crippen LogP contribution in [0.4, 0.5) is 4.39 Å². The third kappa shape index (κ3) is 3.42. The summed E-state index contributed by atoms with van der Waals surface area (Å²) in [6.45, 7) is 0.553. The predicted octanol–water partition coefficient (Wildman–Crippen LogP) is -3.81. The molecule has 5 nitrogen and oxygen atoms in total. The molecule has 0 spiro atoms. The number of H-pyrrole nitrogens is 1. The van der Waals surface area contributed by atoms with E-state index in [1.165, 1.54) is 0 Å². The molecule has 1 aromatic heterocycles. The van der Waals surface area contributed by atoms with Gasteiger partial charge in [0, 0.05) is 6.61 Å². The first-order valence-corrected chi connectivity index (χ1v) is 4.31. The fraction of sp³-hybridized carbons (Fsp3) is 0.500. The molecule has 1 aromatic rings. The van der Waals surface area contributed by atoms with Crippen LogP contribution in [-0.4, -0.2) is 39.8 Å². The first-order chi connectivity index (χ1) is 6.68. The Balaban J connectivity index is 0. The van der Waals surface area contributed by atoms with Gasteiger partial charge in [-0.1, -0.05) is 0 Å². The van der Waals surface area contributed by atoms with Gasteiger partial charge in [0.2, 0.25) is 5.82 Å². The fourth-order valence-corrected chi connectivity index (χ4v) is 1.45. The van der Waals surface area contributed by atoms with Gasteiger partial charge in [-0.25, -0.2) is 4.79 Å². The van der Waals surface area contributed by atoms with Crippen LogP contribution in [0.2, 0.25) is 0 Å². The molecule has 1 aliphatic rings. The van der Waals surface area contributed by atoms with Crippen molar-refractivity contribution in [1.29, 1.82) is 0 Å². The van der Waals surface area contributed by atoms with Gasteiger partial charge < -0.3 is 6.16 Å². The summed E-state index contributed by atoms with van der Waals surface area (Å²) in [5, 5.41) is 0. The summed E-state index contributed by atoms with van der Waals surface area (Å²) in [5.74, 6) is -0.972. The Bertz CT molecular complexity index is 461. The van der Waals surface area contributed by atoms with Gasteiger partial charge in [0.15, 0.2) is 0 Å². The van der Waals surface area contributed by atoms with E-state index in [9.17, 15) is 14.0 Å². The number of halogens is 1. The van der Waals surface area contributed by atoms with Crippen molar-refractivity contribution in [2.24, 2.45) is 0 Å². The zero-order valence-corrected chi connectivity index (χ0v) is 13.7. The molecule has 0 aliphatic carbocycles. The van der Waals surface area contributed by atoms with Crippen molar-refractivity contribution in [2.75, 3.05) is 6.61 Å². The van der Waals surface area contributed by atoms with E-state index in [0.717, 1.165) is 17.2 Å². The summed E-state index contributed by atoms with van der Waals surface area (Å²) in [7, 11) is 0. The van der Waals surface area contributed by atoms with E-state index in [4.69, 9.17) is 4.74 Å². The van der Waals surface area contributed by atoms with E-state index in [0.29, 0.717) is 13.0 Å². The number of aromatic nitrogens is 2.